The number of carbonyl (C=O) groups is 1. The van der Waals surface area contributed by atoms with Crippen molar-refractivity contribution in [3.63, 3.8) is 0 Å². The Bertz CT molecular complexity index is 663. The molecule has 0 saturated heterocycles. The van der Waals surface area contributed by atoms with Crippen LogP contribution in [0.15, 0.2) is 17.6 Å². The molecule has 7 heteroatoms. The van der Waals surface area contributed by atoms with Crippen LogP contribution in [0.3, 0.4) is 0 Å². The Kier molecular flexibility index (Phi) is 5.42. The fraction of sp³-hybridized carbons (Fsp3) is 0.533. The minimum Gasteiger partial charge on any atom is -0.383 e. The Hall–Kier alpha value is -1.60. The van der Waals surface area contributed by atoms with E-state index >= 15 is 0 Å². The number of thioether (sulfide) groups is 1. The first-order valence-corrected chi connectivity index (χ1v) is 8.11. The summed E-state index contributed by atoms with van der Waals surface area (Å²) in [5, 5.41) is 8.54. The standard InChI is InChI=1S/C15H22N4O2S/c1-10-6-13(12(3)19(10)11(2)7-21-5)14(20)8-22-15-17-16-9-18(15)4/h6,9,11H,7-8H2,1-5H3. The maximum atomic E-state index is 12.5. The lowest BCUT2D eigenvalue weighted by atomic mass is 10.2. The van der Waals surface area contributed by atoms with Gasteiger partial charge in [0, 0.05) is 31.1 Å². The largest absolute Gasteiger partial charge is 0.383 e. The first kappa shape index (κ1) is 16.8. The third-order valence-corrected chi connectivity index (χ3v) is 4.67. The summed E-state index contributed by atoms with van der Waals surface area (Å²) in [5.41, 5.74) is 2.84. The molecule has 0 radical (unpaired) electrons. The van der Waals surface area contributed by atoms with Crippen LogP contribution < -0.4 is 0 Å². The molecule has 120 valence electrons. The van der Waals surface area contributed by atoms with Crippen molar-refractivity contribution in [2.24, 2.45) is 7.05 Å². The zero-order valence-corrected chi connectivity index (χ0v) is 14.5. The number of ketones is 1. The van der Waals surface area contributed by atoms with Gasteiger partial charge in [-0.1, -0.05) is 11.8 Å². The number of aromatic nitrogens is 4. The van der Waals surface area contributed by atoms with Crippen molar-refractivity contribution in [2.45, 2.75) is 32.0 Å². The van der Waals surface area contributed by atoms with Crippen LogP contribution in [0, 0.1) is 13.8 Å². The smallest absolute Gasteiger partial charge is 0.191 e. The van der Waals surface area contributed by atoms with Crippen LogP contribution in [0.4, 0.5) is 0 Å². The highest BCUT2D eigenvalue weighted by molar-refractivity contribution is 7.99. The maximum absolute atomic E-state index is 12.5. The zero-order valence-electron chi connectivity index (χ0n) is 13.7. The molecular weight excluding hydrogens is 300 g/mol. The lowest BCUT2D eigenvalue weighted by Gasteiger charge is -2.17. The van der Waals surface area contributed by atoms with E-state index in [9.17, 15) is 4.79 Å². The quantitative estimate of drug-likeness (QED) is 0.579. The summed E-state index contributed by atoms with van der Waals surface area (Å²) in [5.74, 6) is 0.465. The minimum absolute atomic E-state index is 0.108. The van der Waals surface area contributed by atoms with E-state index < -0.39 is 0 Å². The second kappa shape index (κ2) is 7.11. The van der Waals surface area contributed by atoms with Gasteiger partial charge in [0.2, 0.25) is 0 Å². The maximum Gasteiger partial charge on any atom is 0.191 e. The molecule has 2 aromatic heterocycles. The molecule has 2 heterocycles. The van der Waals surface area contributed by atoms with E-state index in [1.54, 1.807) is 13.4 Å². The topological polar surface area (TPSA) is 61.9 Å². The van der Waals surface area contributed by atoms with E-state index in [0.29, 0.717) is 12.4 Å². The second-order valence-electron chi connectivity index (χ2n) is 5.40. The normalized spacial score (nSPS) is 12.6. The van der Waals surface area contributed by atoms with Crippen molar-refractivity contribution in [1.82, 2.24) is 19.3 Å². The van der Waals surface area contributed by atoms with Crippen molar-refractivity contribution >= 4 is 17.5 Å². The average molecular weight is 322 g/mol. The number of aryl methyl sites for hydroxylation is 2. The molecule has 0 bridgehead atoms. The summed E-state index contributed by atoms with van der Waals surface area (Å²) in [6.45, 7) is 6.72. The molecule has 0 N–H and O–H groups in total. The predicted octanol–water partition coefficient (Wildman–Crippen LogP) is 2.42. The molecule has 0 spiro atoms. The van der Waals surface area contributed by atoms with Crippen molar-refractivity contribution in [2.75, 3.05) is 19.5 Å². The Morgan fingerprint density at radius 1 is 1.45 bits per heavy atom. The molecule has 22 heavy (non-hydrogen) atoms. The Morgan fingerprint density at radius 2 is 2.18 bits per heavy atom. The summed E-state index contributed by atoms with van der Waals surface area (Å²) < 4.78 is 9.18. The van der Waals surface area contributed by atoms with Crippen LogP contribution in [-0.4, -0.2) is 44.6 Å². The molecule has 1 atom stereocenters. The van der Waals surface area contributed by atoms with Crippen molar-refractivity contribution in [1.29, 1.82) is 0 Å². The van der Waals surface area contributed by atoms with Gasteiger partial charge in [-0.25, -0.2) is 0 Å². The van der Waals surface area contributed by atoms with Gasteiger partial charge in [0.25, 0.3) is 0 Å². The van der Waals surface area contributed by atoms with Crippen LogP contribution in [0.25, 0.3) is 0 Å². The van der Waals surface area contributed by atoms with Gasteiger partial charge in [-0.2, -0.15) is 0 Å². The molecule has 2 rings (SSSR count). The molecule has 6 nitrogen and oxygen atoms in total. The molecule has 0 aliphatic carbocycles. The van der Waals surface area contributed by atoms with E-state index in [1.807, 2.05) is 31.5 Å². The summed E-state index contributed by atoms with van der Waals surface area (Å²) in [6.07, 6.45) is 1.63. The number of hydrogen-bond acceptors (Lipinski definition) is 5. The van der Waals surface area contributed by atoms with Gasteiger partial charge in [0.15, 0.2) is 10.9 Å². The van der Waals surface area contributed by atoms with Gasteiger partial charge in [-0.15, -0.1) is 10.2 Å². The molecule has 0 fully saturated rings. The monoisotopic (exact) mass is 322 g/mol. The third kappa shape index (κ3) is 3.41. The summed E-state index contributed by atoms with van der Waals surface area (Å²) >= 11 is 1.40. The highest BCUT2D eigenvalue weighted by atomic mass is 32.2. The molecule has 0 aliphatic heterocycles. The molecule has 0 aliphatic rings. The van der Waals surface area contributed by atoms with Gasteiger partial charge < -0.3 is 13.9 Å². The van der Waals surface area contributed by atoms with Crippen LogP contribution in [0.1, 0.15) is 34.7 Å². The minimum atomic E-state index is 0.108. The Morgan fingerprint density at radius 3 is 2.77 bits per heavy atom. The highest BCUT2D eigenvalue weighted by Gasteiger charge is 2.19. The van der Waals surface area contributed by atoms with E-state index in [-0.39, 0.29) is 11.8 Å². The van der Waals surface area contributed by atoms with Crippen molar-refractivity contribution < 1.29 is 9.53 Å². The number of ether oxygens (including phenoxy) is 1. The Labute approximate surface area is 134 Å². The average Bonchev–Trinajstić information content (AvgIpc) is 3.00. The van der Waals surface area contributed by atoms with Crippen molar-refractivity contribution in [3.8, 4) is 0 Å². The summed E-state index contributed by atoms with van der Waals surface area (Å²) in [4.78, 5) is 12.5. The fourth-order valence-corrected chi connectivity index (χ4v) is 3.44. The fourth-order valence-electron chi connectivity index (χ4n) is 2.66. The van der Waals surface area contributed by atoms with Gasteiger partial charge in [-0.3, -0.25) is 4.79 Å². The van der Waals surface area contributed by atoms with Gasteiger partial charge in [0.1, 0.15) is 6.33 Å². The van der Waals surface area contributed by atoms with E-state index in [0.717, 1.165) is 22.1 Å². The van der Waals surface area contributed by atoms with Crippen molar-refractivity contribution in [3.05, 3.63) is 29.3 Å². The van der Waals surface area contributed by atoms with Crippen LogP contribution in [0.2, 0.25) is 0 Å². The third-order valence-electron chi connectivity index (χ3n) is 3.64. The molecule has 1 unspecified atom stereocenters. The molecule has 0 saturated carbocycles. The van der Waals surface area contributed by atoms with Gasteiger partial charge in [0.05, 0.1) is 18.4 Å². The summed E-state index contributed by atoms with van der Waals surface area (Å²) in [7, 11) is 3.55. The van der Waals surface area contributed by atoms with E-state index in [2.05, 4.69) is 21.7 Å². The number of Topliss-reactive ketones (excluding diaryl/α,β-unsaturated/α-hetero) is 1. The van der Waals surface area contributed by atoms with Gasteiger partial charge in [-0.05, 0) is 26.8 Å². The molecule has 0 amide bonds. The Balaban J connectivity index is 2.13. The van der Waals surface area contributed by atoms with Crippen LogP contribution in [-0.2, 0) is 11.8 Å². The SMILES string of the molecule is COCC(C)n1c(C)cc(C(=O)CSc2nncn2C)c1C. The lowest BCUT2D eigenvalue weighted by molar-refractivity contribution is 0.102. The number of rotatable bonds is 7. The number of nitrogens with zero attached hydrogens (tertiary/aromatic N) is 4. The first-order chi connectivity index (χ1) is 10.5. The van der Waals surface area contributed by atoms with Crippen LogP contribution in [0.5, 0.6) is 0 Å². The zero-order chi connectivity index (χ0) is 16.3. The second-order valence-corrected chi connectivity index (χ2v) is 6.34. The first-order valence-electron chi connectivity index (χ1n) is 7.13. The van der Waals surface area contributed by atoms with Gasteiger partial charge >= 0.3 is 0 Å². The summed E-state index contributed by atoms with van der Waals surface area (Å²) in [6, 6.07) is 2.17. The molecule has 0 aromatic carbocycles. The van der Waals surface area contributed by atoms with E-state index in [1.165, 1.54) is 11.8 Å². The predicted molar refractivity (Wildman–Crippen MR) is 86.6 cm³/mol. The van der Waals surface area contributed by atoms with E-state index in [4.69, 9.17) is 4.74 Å². The number of hydrogen-bond donors (Lipinski definition) is 0. The molecular formula is C15H22N4O2S. The number of carbonyl (C=O) groups excluding carboxylic acids is 1. The highest BCUT2D eigenvalue weighted by Crippen LogP contribution is 2.23. The molecule has 2 aromatic rings. The number of methoxy groups -OCH3 is 1. The lowest BCUT2D eigenvalue weighted by Crippen LogP contribution is -2.14. The van der Waals surface area contributed by atoms with Crippen LogP contribution >= 0.6 is 11.8 Å².